The van der Waals surface area contributed by atoms with Gasteiger partial charge in [-0.2, -0.15) is 8.78 Å². The molecule has 1 aromatic carbocycles. The molecule has 256 valence electrons. The summed E-state index contributed by atoms with van der Waals surface area (Å²) in [6.07, 6.45) is 4.04. The van der Waals surface area contributed by atoms with Gasteiger partial charge in [0.05, 0.1) is 36.4 Å². The molecule has 3 rings (SSSR count). The summed E-state index contributed by atoms with van der Waals surface area (Å²) in [6, 6.07) is 3.78. The zero-order valence-electron chi connectivity index (χ0n) is 25.9. The number of pyridine rings is 1. The summed E-state index contributed by atoms with van der Waals surface area (Å²) in [5.41, 5.74) is 4.91. The predicted molar refractivity (Wildman–Crippen MR) is 174 cm³/mol. The number of methoxy groups -OCH3 is 1. The highest BCUT2D eigenvalue weighted by atomic mass is 32.2. The topological polar surface area (TPSA) is 185 Å². The fourth-order valence-electron chi connectivity index (χ4n) is 4.50. The van der Waals surface area contributed by atoms with Gasteiger partial charge in [-0.3, -0.25) is 29.3 Å². The van der Waals surface area contributed by atoms with Crippen LogP contribution in [0.25, 0.3) is 0 Å². The number of carbonyl (C=O) groups is 4. The number of benzene rings is 1. The molecule has 1 aromatic heterocycles. The van der Waals surface area contributed by atoms with Crippen molar-refractivity contribution in [3.63, 3.8) is 0 Å². The Kier molecular flexibility index (Phi) is 13.7. The number of aromatic nitrogens is 1. The average molecular weight is 699 g/mol. The van der Waals surface area contributed by atoms with Crippen molar-refractivity contribution < 1.29 is 37.1 Å². The summed E-state index contributed by atoms with van der Waals surface area (Å²) in [4.78, 5) is 58.6. The van der Waals surface area contributed by atoms with E-state index in [9.17, 15) is 28.0 Å². The maximum absolute atomic E-state index is 15.2. The number of thioether (sulfide) groups is 1. The molecule has 0 spiro atoms. The third-order valence-corrected chi connectivity index (χ3v) is 8.64. The summed E-state index contributed by atoms with van der Waals surface area (Å²) in [6.45, 7) is 2.18. The van der Waals surface area contributed by atoms with Crippen molar-refractivity contribution in [1.82, 2.24) is 25.4 Å². The fraction of sp³-hybridized carbons (Fsp3) is 0.414. The van der Waals surface area contributed by atoms with Gasteiger partial charge >= 0.3 is 5.92 Å². The molecule has 0 aliphatic carbocycles. The molecule has 4 amide bonds. The first-order chi connectivity index (χ1) is 22.3. The van der Waals surface area contributed by atoms with Gasteiger partial charge in [-0.1, -0.05) is 6.07 Å². The number of likely N-dealkylation sites (N-methyl/N-ethyl adjacent to an activating group) is 1. The molecule has 7 N–H and O–H groups in total. The molecule has 1 aliphatic heterocycles. The van der Waals surface area contributed by atoms with E-state index < -0.39 is 52.9 Å². The quantitative estimate of drug-likeness (QED) is 0.109. The lowest BCUT2D eigenvalue weighted by atomic mass is 10.0. The predicted octanol–water partition coefficient (Wildman–Crippen LogP) is 1.36. The molecule has 1 saturated heterocycles. The summed E-state index contributed by atoms with van der Waals surface area (Å²) in [5, 5.41) is 11.6. The number of ether oxygens (including phenoxy) is 1. The van der Waals surface area contributed by atoms with E-state index in [2.05, 4.69) is 25.8 Å². The minimum Gasteiger partial charge on any atom is -0.495 e. The lowest BCUT2D eigenvalue weighted by molar-refractivity contribution is -0.147. The zero-order chi connectivity index (χ0) is 34.7. The van der Waals surface area contributed by atoms with Crippen molar-refractivity contribution in [2.45, 2.75) is 30.2 Å². The first-order valence-corrected chi connectivity index (χ1v) is 16.4. The molecule has 0 radical (unpaired) electrons. The van der Waals surface area contributed by atoms with Crippen molar-refractivity contribution in [1.29, 1.82) is 0 Å². The lowest BCUT2D eigenvalue weighted by Gasteiger charge is -2.35. The van der Waals surface area contributed by atoms with Gasteiger partial charge in [0.15, 0.2) is 0 Å². The highest BCUT2D eigenvalue weighted by Crippen LogP contribution is 2.30. The van der Waals surface area contributed by atoms with Crippen LogP contribution in [0.2, 0.25) is 0 Å². The first-order valence-electron chi connectivity index (χ1n) is 14.2. The lowest BCUT2D eigenvalue weighted by Crippen LogP contribution is -2.55. The second-order valence-corrected chi connectivity index (χ2v) is 12.2. The minimum atomic E-state index is -3.97. The van der Waals surface area contributed by atoms with Crippen molar-refractivity contribution in [2.24, 2.45) is 10.9 Å². The highest BCUT2D eigenvalue weighted by Gasteiger charge is 2.42. The van der Waals surface area contributed by atoms with Gasteiger partial charge in [0.2, 0.25) is 11.8 Å². The number of rotatable bonds is 14. The van der Waals surface area contributed by atoms with E-state index >= 15 is 4.39 Å². The first kappa shape index (κ1) is 37.5. The van der Waals surface area contributed by atoms with Crippen LogP contribution in [0.3, 0.4) is 0 Å². The number of nitrogens with zero attached hydrogens (tertiary/aromatic N) is 3. The monoisotopic (exact) mass is 698 g/mol. The minimum absolute atomic E-state index is 0.00817. The van der Waals surface area contributed by atoms with Gasteiger partial charge in [0.1, 0.15) is 22.5 Å². The van der Waals surface area contributed by atoms with Crippen LogP contribution in [-0.4, -0.2) is 96.4 Å². The molecular formula is C29H37F3N8O5S2. The molecule has 2 unspecified atom stereocenters. The highest BCUT2D eigenvalue weighted by molar-refractivity contribution is 8.01. The molecule has 0 saturated carbocycles. The maximum atomic E-state index is 15.2. The smallest absolute Gasteiger partial charge is 0.351 e. The van der Waals surface area contributed by atoms with Gasteiger partial charge in [-0.05, 0) is 49.0 Å². The number of nitrogens with one attached hydrogen (secondary N) is 3. The fourth-order valence-corrected chi connectivity index (χ4v) is 5.29. The Morgan fingerprint density at radius 1 is 1.13 bits per heavy atom. The van der Waals surface area contributed by atoms with Crippen molar-refractivity contribution >= 4 is 53.0 Å². The third-order valence-electron chi connectivity index (χ3n) is 7.21. The number of hydrogen-bond acceptors (Lipinski definition) is 11. The van der Waals surface area contributed by atoms with Crippen LogP contribution < -0.4 is 31.6 Å². The van der Waals surface area contributed by atoms with Gasteiger partial charge < -0.3 is 36.2 Å². The molecule has 13 nitrogen and oxygen atoms in total. The second-order valence-electron chi connectivity index (χ2n) is 10.5. The molecule has 47 heavy (non-hydrogen) atoms. The van der Waals surface area contributed by atoms with Crippen LogP contribution in [0.4, 0.5) is 18.9 Å². The Morgan fingerprint density at radius 3 is 2.43 bits per heavy atom. The van der Waals surface area contributed by atoms with Crippen LogP contribution >= 0.6 is 23.7 Å². The number of anilines is 1. The Hall–Kier alpha value is -4.00. The van der Waals surface area contributed by atoms with E-state index in [1.165, 1.54) is 31.7 Å². The van der Waals surface area contributed by atoms with Gasteiger partial charge in [0, 0.05) is 45.0 Å². The summed E-state index contributed by atoms with van der Waals surface area (Å²) in [7, 11) is 3.20. The number of carbonyl (C=O) groups excluding carboxylic acids is 4. The van der Waals surface area contributed by atoms with Gasteiger partial charge in [0.25, 0.3) is 11.8 Å². The molecule has 1 aliphatic rings. The van der Waals surface area contributed by atoms with E-state index in [4.69, 9.17) is 15.6 Å². The van der Waals surface area contributed by atoms with Crippen LogP contribution in [-0.2, 0) is 31.5 Å². The maximum Gasteiger partial charge on any atom is 0.351 e. The number of halogens is 3. The molecule has 1 fully saturated rings. The number of piperazine rings is 1. The van der Waals surface area contributed by atoms with Crippen LogP contribution in [0.1, 0.15) is 17.5 Å². The molecule has 18 heteroatoms. The summed E-state index contributed by atoms with van der Waals surface area (Å²) >= 11 is 1.56. The van der Waals surface area contributed by atoms with E-state index in [0.717, 1.165) is 36.3 Å². The normalized spacial score (nSPS) is 15.4. The molecule has 0 bridgehead atoms. The number of hydrogen-bond donors (Lipinski definition) is 5. The SMILES string of the molecule is COc1cncc(C(F)(F)C(=O)NC(CC(=O)Nc2ccc(CC(NC(=O)/C(=C/N)SN)C(=O)N3CCN(C)CC3)cc2F)SC)c1. The number of nitrogens with two attached hydrogens (primary N) is 2. The van der Waals surface area contributed by atoms with Crippen molar-refractivity contribution in [2.75, 3.05) is 51.9 Å². The molecule has 2 aromatic rings. The van der Waals surface area contributed by atoms with Crippen molar-refractivity contribution in [3.05, 3.63) is 64.7 Å². The third kappa shape index (κ3) is 10.2. The Bertz CT molecular complexity index is 1480. The van der Waals surface area contributed by atoms with Gasteiger partial charge in [-0.25, -0.2) is 4.39 Å². The van der Waals surface area contributed by atoms with E-state index in [0.29, 0.717) is 43.7 Å². The number of amides is 4. The zero-order valence-corrected chi connectivity index (χ0v) is 27.6. The molecule has 2 atom stereocenters. The van der Waals surface area contributed by atoms with E-state index in [-0.39, 0.29) is 28.7 Å². The molecule has 2 heterocycles. The molecular weight excluding hydrogens is 661 g/mol. The standard InChI is InChI=1S/C29H37F3N8O5S2/c1-39-6-8-40(9-7-39)27(43)22(37-26(42)23(14-33)47-34)11-17-4-5-21(20(30)10-17)36-24(41)13-25(46-3)38-28(44)29(31,32)18-12-19(45-2)16-35-15-18/h4-5,10,12,14-16,22,25H,6-9,11,13,33-34H2,1-3H3,(H,36,41)(H,37,42)(H,38,44)/b23-14-. The van der Waals surface area contributed by atoms with Gasteiger partial charge in [-0.15, -0.1) is 11.8 Å². The number of alkyl halides is 2. The Balaban J connectivity index is 1.67. The van der Waals surface area contributed by atoms with Crippen molar-refractivity contribution in [3.8, 4) is 5.75 Å². The average Bonchev–Trinajstić information content (AvgIpc) is 3.05. The summed E-state index contributed by atoms with van der Waals surface area (Å²) < 4.78 is 49.7. The van der Waals surface area contributed by atoms with Crippen LogP contribution in [0, 0.1) is 5.82 Å². The van der Waals surface area contributed by atoms with E-state index in [1.807, 2.05) is 7.05 Å². The Labute approximate surface area is 278 Å². The second kappa shape index (κ2) is 17.2. The van der Waals surface area contributed by atoms with Crippen LogP contribution in [0.15, 0.2) is 47.8 Å². The summed E-state index contributed by atoms with van der Waals surface area (Å²) in [5.74, 6) is -8.20. The van der Waals surface area contributed by atoms with Crippen LogP contribution in [0.5, 0.6) is 5.75 Å². The van der Waals surface area contributed by atoms with E-state index in [1.54, 1.807) is 4.90 Å². The Morgan fingerprint density at radius 2 is 1.83 bits per heavy atom. The largest absolute Gasteiger partial charge is 0.495 e.